The first-order valence-electron chi connectivity index (χ1n) is 14.1. The number of carbonyl (C=O) groups is 5. The molecule has 2 aliphatic carbocycles. The van der Waals surface area contributed by atoms with Gasteiger partial charge in [0.25, 0.3) is 0 Å². The third-order valence-electron chi connectivity index (χ3n) is 9.14. The molecule has 2 aliphatic heterocycles. The van der Waals surface area contributed by atoms with Crippen LogP contribution in [-0.2, 0) is 40.5 Å². The number of ether oxygens (including phenoxy) is 3. The number of ketones is 1. The molecule has 226 valence electrons. The number of hydrogen-bond acceptors (Lipinski definition) is 11. The Morgan fingerprint density at radius 1 is 1.24 bits per heavy atom. The van der Waals surface area contributed by atoms with E-state index < -0.39 is 53.2 Å². The number of likely N-dealkylation sites (tertiary alicyclic amines) is 1. The predicted molar refractivity (Wildman–Crippen MR) is 145 cm³/mol. The molecule has 5 rings (SSSR count). The van der Waals surface area contributed by atoms with Crippen LogP contribution < -0.4 is 10.1 Å². The number of likely N-dealkylation sites (N-methyl/N-ethyl adjacent to an activating group) is 1. The lowest BCUT2D eigenvalue weighted by atomic mass is 9.50. The average molecular weight is 585 g/mol. The molecule has 0 saturated carbocycles. The zero-order valence-corrected chi connectivity index (χ0v) is 24.0. The van der Waals surface area contributed by atoms with Crippen molar-refractivity contribution < 1.29 is 48.4 Å². The first kappa shape index (κ1) is 29.9. The van der Waals surface area contributed by atoms with Crippen molar-refractivity contribution in [2.75, 3.05) is 13.6 Å². The van der Waals surface area contributed by atoms with Gasteiger partial charge in [-0.2, -0.15) is 0 Å². The first-order valence-corrected chi connectivity index (χ1v) is 14.1. The largest absolute Gasteiger partial charge is 0.480 e. The summed E-state index contributed by atoms with van der Waals surface area (Å²) in [6.45, 7) is 4.53. The lowest BCUT2D eigenvalue weighted by Gasteiger charge is -2.61. The highest BCUT2D eigenvalue weighted by atomic mass is 16.6. The lowest BCUT2D eigenvalue weighted by Crippen LogP contribution is -2.74. The molecule has 0 aromatic heterocycles. The Morgan fingerprint density at radius 2 is 1.98 bits per heavy atom. The number of carbonyl (C=O) groups excluding carboxylic acids is 5. The molecular formula is C30H36N2O10. The maximum Gasteiger partial charge on any atom is 0.352 e. The molecular weight excluding hydrogens is 548 g/mol. The number of benzene rings is 1. The Kier molecular flexibility index (Phi) is 7.75. The Labute approximate surface area is 243 Å². The minimum atomic E-state index is -1.40. The van der Waals surface area contributed by atoms with Gasteiger partial charge in [0.1, 0.15) is 29.4 Å². The van der Waals surface area contributed by atoms with Crippen molar-refractivity contribution in [2.45, 2.75) is 94.3 Å². The number of piperidine rings is 1. The van der Waals surface area contributed by atoms with Gasteiger partial charge in [0.2, 0.25) is 5.91 Å². The third-order valence-corrected chi connectivity index (χ3v) is 9.14. The van der Waals surface area contributed by atoms with Crippen molar-refractivity contribution in [3.05, 3.63) is 40.7 Å². The van der Waals surface area contributed by atoms with Gasteiger partial charge in [-0.15, -0.1) is 0 Å². The topological polar surface area (TPSA) is 169 Å². The molecule has 4 aliphatic rings. The van der Waals surface area contributed by atoms with Gasteiger partial charge in [-0.05, 0) is 71.3 Å². The maximum atomic E-state index is 13.2. The minimum Gasteiger partial charge on any atom is -0.480 e. The lowest BCUT2D eigenvalue weighted by molar-refractivity contribution is -0.176. The smallest absolute Gasteiger partial charge is 0.352 e. The van der Waals surface area contributed by atoms with Gasteiger partial charge in [0.05, 0.1) is 16.6 Å². The molecule has 1 spiro atoms. The third kappa shape index (κ3) is 4.61. The SMILES string of the molecule is CC(=O)CC[C@H](NC(=O)[C@H](C)O)C(=O)O[C@@H](C)C(=O)OC1=CC[C@@]2(O)[C@H]3Cc4ccc(C=O)c5c4[C@@]2(CCN3C)[C@H]1O5. The molecule has 7 atom stereocenters. The summed E-state index contributed by atoms with van der Waals surface area (Å²) in [7, 11) is 1.97. The summed E-state index contributed by atoms with van der Waals surface area (Å²) in [5, 5.41) is 24.1. The van der Waals surface area contributed by atoms with Crippen molar-refractivity contribution >= 4 is 29.9 Å². The zero-order chi connectivity index (χ0) is 30.6. The zero-order valence-electron chi connectivity index (χ0n) is 24.0. The van der Waals surface area contributed by atoms with E-state index in [0.717, 1.165) is 11.1 Å². The number of aliphatic hydroxyl groups excluding tert-OH is 1. The molecule has 42 heavy (non-hydrogen) atoms. The van der Waals surface area contributed by atoms with E-state index in [1.807, 2.05) is 13.1 Å². The van der Waals surface area contributed by atoms with Crippen LogP contribution in [0.15, 0.2) is 24.0 Å². The highest BCUT2D eigenvalue weighted by molar-refractivity contribution is 5.88. The van der Waals surface area contributed by atoms with E-state index in [1.54, 1.807) is 12.1 Å². The van der Waals surface area contributed by atoms with Crippen LogP contribution in [0.25, 0.3) is 0 Å². The van der Waals surface area contributed by atoms with Crippen molar-refractivity contribution in [1.82, 2.24) is 10.2 Å². The molecule has 1 aromatic rings. The molecule has 1 saturated heterocycles. The molecule has 0 radical (unpaired) electrons. The van der Waals surface area contributed by atoms with Crippen LogP contribution in [0.3, 0.4) is 0 Å². The molecule has 1 amide bonds. The van der Waals surface area contributed by atoms with Crippen LogP contribution in [0.4, 0.5) is 0 Å². The summed E-state index contributed by atoms with van der Waals surface area (Å²) >= 11 is 0. The minimum absolute atomic E-state index is 0.0307. The first-order chi connectivity index (χ1) is 19.8. The summed E-state index contributed by atoms with van der Waals surface area (Å²) in [6, 6.07) is 2.12. The normalized spacial score (nSPS) is 29.1. The molecule has 2 heterocycles. The van der Waals surface area contributed by atoms with Crippen LogP contribution in [0.1, 0.15) is 67.9 Å². The van der Waals surface area contributed by atoms with E-state index in [-0.39, 0.29) is 36.8 Å². The fraction of sp³-hybridized carbons (Fsp3) is 0.567. The molecule has 1 aromatic carbocycles. The van der Waals surface area contributed by atoms with E-state index in [0.29, 0.717) is 37.0 Å². The average Bonchev–Trinajstić information content (AvgIpc) is 3.29. The fourth-order valence-electron chi connectivity index (χ4n) is 6.96. The fourth-order valence-corrected chi connectivity index (χ4v) is 6.96. The van der Waals surface area contributed by atoms with Crippen molar-refractivity contribution in [2.24, 2.45) is 0 Å². The van der Waals surface area contributed by atoms with Crippen LogP contribution in [-0.4, -0.2) is 94.6 Å². The van der Waals surface area contributed by atoms with Crippen LogP contribution in [0.2, 0.25) is 0 Å². The van der Waals surface area contributed by atoms with Gasteiger partial charge in [-0.1, -0.05) is 6.07 Å². The Balaban J connectivity index is 1.38. The van der Waals surface area contributed by atoms with Crippen molar-refractivity contribution in [3.8, 4) is 5.75 Å². The maximum absolute atomic E-state index is 13.2. The van der Waals surface area contributed by atoms with E-state index in [9.17, 15) is 34.2 Å². The standard InChI is InChI=1S/C30H36N2O10/c1-15(34)5-8-20(31-26(36)16(2)35)28(38)40-17(3)27(37)41-21-9-10-30(39)22-13-18-6-7-19(14-33)24-23(18)29(30,25(21)42-24)11-12-32(22)4/h6-7,9,14,16-17,20,22,25,35,39H,5,8,10-13H2,1-4H3,(H,31,36)/t16-,17-,20-,22+,25-,29-,30+/m0/s1. The molecule has 3 N–H and O–H groups in total. The number of hydrogen-bond donors (Lipinski definition) is 3. The van der Waals surface area contributed by atoms with Crippen LogP contribution >= 0.6 is 0 Å². The van der Waals surface area contributed by atoms with Gasteiger partial charge in [0, 0.05) is 24.4 Å². The molecule has 0 unspecified atom stereocenters. The second kappa shape index (κ2) is 10.9. The van der Waals surface area contributed by atoms with Gasteiger partial charge >= 0.3 is 11.9 Å². The van der Waals surface area contributed by atoms with Gasteiger partial charge in [-0.25, -0.2) is 9.59 Å². The summed E-state index contributed by atoms with van der Waals surface area (Å²) in [4.78, 5) is 63.6. The van der Waals surface area contributed by atoms with E-state index >= 15 is 0 Å². The number of amides is 1. The molecule has 12 heteroatoms. The van der Waals surface area contributed by atoms with Gasteiger partial charge < -0.3 is 39.4 Å². The van der Waals surface area contributed by atoms with E-state index in [4.69, 9.17) is 14.2 Å². The summed E-state index contributed by atoms with van der Waals surface area (Å²) < 4.78 is 17.4. The summed E-state index contributed by atoms with van der Waals surface area (Å²) in [5.41, 5.74) is -0.0671. The predicted octanol–water partition coefficient (Wildman–Crippen LogP) is 0.487. The summed E-state index contributed by atoms with van der Waals surface area (Å²) in [6.07, 6.45) is -0.195. The number of Topliss-reactive ketones (excluding diaryl/α,β-unsaturated/α-hetero) is 1. The highest BCUT2D eigenvalue weighted by Crippen LogP contribution is 2.64. The van der Waals surface area contributed by atoms with Gasteiger partial charge in [-0.3, -0.25) is 9.59 Å². The molecule has 1 fully saturated rings. The monoisotopic (exact) mass is 584 g/mol. The van der Waals surface area contributed by atoms with E-state index in [1.165, 1.54) is 20.8 Å². The second-order valence-corrected chi connectivity index (χ2v) is 11.8. The number of nitrogens with one attached hydrogen (secondary N) is 1. The second-order valence-electron chi connectivity index (χ2n) is 11.8. The number of aldehydes is 1. The van der Waals surface area contributed by atoms with E-state index in [2.05, 4.69) is 10.2 Å². The van der Waals surface area contributed by atoms with Crippen molar-refractivity contribution in [1.29, 1.82) is 0 Å². The Hall–Kier alpha value is -3.61. The van der Waals surface area contributed by atoms with Crippen molar-refractivity contribution in [3.63, 3.8) is 0 Å². The number of nitrogens with zero attached hydrogens (tertiary/aromatic N) is 1. The number of aliphatic hydroxyl groups is 2. The number of rotatable bonds is 10. The molecule has 12 nitrogen and oxygen atoms in total. The Morgan fingerprint density at radius 3 is 2.64 bits per heavy atom. The number of esters is 2. The summed E-state index contributed by atoms with van der Waals surface area (Å²) in [5.74, 6) is -2.36. The van der Waals surface area contributed by atoms with Crippen LogP contribution in [0, 0.1) is 0 Å². The Bertz CT molecular complexity index is 1370. The molecule has 2 bridgehead atoms. The van der Waals surface area contributed by atoms with Gasteiger partial charge in [0.15, 0.2) is 18.5 Å². The van der Waals surface area contributed by atoms with Crippen LogP contribution in [0.5, 0.6) is 5.75 Å². The quantitative estimate of drug-likeness (QED) is 0.258. The highest BCUT2D eigenvalue weighted by Gasteiger charge is 2.72.